The molecule has 0 unspecified atom stereocenters. The first kappa shape index (κ1) is 83.9. The van der Waals surface area contributed by atoms with E-state index in [2.05, 4.69) is 0 Å². The van der Waals surface area contributed by atoms with E-state index in [1.807, 2.05) is 0 Å². The van der Waals surface area contributed by atoms with Crippen molar-refractivity contribution in [3.63, 3.8) is 0 Å². The van der Waals surface area contributed by atoms with Gasteiger partial charge >= 0.3 is 173 Å². The van der Waals surface area contributed by atoms with Gasteiger partial charge in [-0.1, -0.05) is 0 Å². The van der Waals surface area contributed by atoms with Crippen LogP contribution in [0.1, 0.15) is 0 Å². The maximum absolute atomic E-state index is 14.2. The molecule has 0 aromatic carbocycles. The number of rotatable bonds is 27. The summed E-state index contributed by atoms with van der Waals surface area (Å²) in [4.78, 5) is 0. The average molecular weight is 1470 g/mol. The topological polar surface area (TPSA) is 0 Å². The Hall–Kier alpha value is -4.13. The van der Waals surface area contributed by atoms with E-state index in [0.29, 0.717) is 0 Å². The maximum Gasteiger partial charge on any atom is 0.460 e. The summed E-state index contributed by atoms with van der Waals surface area (Å²) >= 11 is 0. The van der Waals surface area contributed by atoms with Gasteiger partial charge in [0.15, 0.2) is 0 Å². The second-order valence-corrected chi connectivity index (χ2v) is 16.4. The smallest absolute Gasteiger partial charge is 0.203 e. The van der Waals surface area contributed by atoms with E-state index in [0.717, 1.165) is 0 Å². The van der Waals surface area contributed by atoms with Crippen molar-refractivity contribution in [2.24, 2.45) is 0 Å². The molecule has 0 saturated heterocycles. The van der Waals surface area contributed by atoms with Gasteiger partial charge in [-0.25, -0.2) is 8.78 Å². The molecule has 0 heterocycles. The third kappa shape index (κ3) is 8.93. The lowest BCUT2D eigenvalue weighted by molar-refractivity contribution is -0.500. The van der Waals surface area contributed by atoms with Gasteiger partial charge < -0.3 is 0 Å². The number of hydrogen-bond donors (Lipinski definition) is 0. The molecule has 0 bridgehead atoms. The number of hydrogen-bond acceptors (Lipinski definition) is 0. The molecule has 530 valence electrons. The van der Waals surface area contributed by atoms with Gasteiger partial charge in [0.2, 0.25) is 0 Å². The Kier molecular flexibility index (Phi) is 19.0. The summed E-state index contributed by atoms with van der Waals surface area (Å²) in [5.41, 5.74) is 0. The molecule has 88 heavy (non-hydrogen) atoms. The fourth-order valence-corrected chi connectivity index (χ4v) is 5.26. The molecule has 0 N–H and O–H groups in total. The summed E-state index contributed by atoms with van der Waals surface area (Å²) < 4.78 is 810. The summed E-state index contributed by atoms with van der Waals surface area (Å²) in [7, 11) is 0. The fraction of sp³-hybridized carbons (Fsp3) is 1.00. The first-order chi connectivity index (χ1) is 36.7. The van der Waals surface area contributed by atoms with Crippen LogP contribution in [0.25, 0.3) is 0 Å². The van der Waals surface area contributed by atoms with Crippen LogP contribution >= 0.6 is 0 Å². The van der Waals surface area contributed by atoms with Crippen LogP contribution in [0.4, 0.5) is 259 Å². The quantitative estimate of drug-likeness (QED) is 0.0719. The Labute approximate surface area is 433 Å². The van der Waals surface area contributed by atoms with E-state index in [4.69, 9.17) is 0 Å². The van der Waals surface area contributed by atoms with Gasteiger partial charge in [-0.3, -0.25) is 0 Å². The third-order valence-electron chi connectivity index (χ3n) is 10.9. The highest BCUT2D eigenvalue weighted by Crippen LogP contribution is 2.74. The van der Waals surface area contributed by atoms with E-state index in [-0.39, 0.29) is 0 Å². The molecular formula is C29HF59. The van der Waals surface area contributed by atoms with Gasteiger partial charge in [-0.15, -0.1) is 0 Å². The SMILES string of the molecule is FC(F)C(F)(F)C(F)(F)C(F)(F)C(F)(F)C(F)(F)C(F)(F)C(F)(F)C(F)(F)C(F)(F)C(F)(F)C(F)(F)C(F)(F)C(F)(F)C(F)(F)C(F)(F)C(F)(F)C(F)(F)C(F)(F)C(F)(F)C(F)(F)C(F)(F)C(F)(F)C(F)(F)C(F)(F)C(F)(F)C(F)(F)C(F)(F)C(F)(F)F. The summed E-state index contributed by atoms with van der Waals surface area (Å²) in [5, 5.41) is 0. The highest BCUT2D eigenvalue weighted by atomic mass is 19.5. The standard InChI is InChI=1S/C29HF59/c30-1(31)2(32,33)3(34,35)4(36,37)5(38,39)6(40,41)7(42,43)8(44,45)9(46,47)10(48,49)11(50,51)12(52,53)13(54,55)14(56,57)15(58,59)16(60,61)17(62,63)18(64,65)19(66,67)20(68,69)21(70,71)22(72,73)23(74,75)24(76,77)25(78,79)26(80,81)27(82,83)28(84,85)29(86,87)88/h1H. The predicted molar refractivity (Wildman–Crippen MR) is 146 cm³/mol. The van der Waals surface area contributed by atoms with Crippen LogP contribution < -0.4 is 0 Å². The second-order valence-electron chi connectivity index (χ2n) is 16.4. The molecule has 0 amide bonds. The molecule has 59 heteroatoms. The van der Waals surface area contributed by atoms with Crippen molar-refractivity contribution in [3.8, 4) is 0 Å². The molecule has 0 aliphatic heterocycles. The van der Waals surface area contributed by atoms with Gasteiger partial charge in [-0.05, 0) is 0 Å². The van der Waals surface area contributed by atoms with E-state index in [9.17, 15) is 259 Å². The Morgan fingerprint density at radius 3 is 0.239 bits per heavy atom. The van der Waals surface area contributed by atoms with E-state index >= 15 is 0 Å². The van der Waals surface area contributed by atoms with Crippen molar-refractivity contribution in [1.29, 1.82) is 0 Å². The molecule has 0 fully saturated rings. The summed E-state index contributed by atoms with van der Waals surface area (Å²) in [6.45, 7) is 0. The lowest BCUT2D eigenvalue weighted by atomic mass is 9.81. The summed E-state index contributed by atoms with van der Waals surface area (Å²) in [5.74, 6) is -286. The van der Waals surface area contributed by atoms with Crippen LogP contribution in [0.3, 0.4) is 0 Å². The lowest BCUT2D eigenvalue weighted by Gasteiger charge is -2.48. The zero-order valence-corrected chi connectivity index (χ0v) is 36.9. The first-order valence-corrected chi connectivity index (χ1v) is 18.2. The lowest BCUT2D eigenvalue weighted by Crippen LogP contribution is -2.81. The second kappa shape index (κ2) is 19.9. The number of halogens is 59. The molecule has 0 nitrogen and oxygen atoms in total. The molecule has 0 aromatic rings. The summed E-state index contributed by atoms with van der Waals surface area (Å²) in [6.07, 6.45) is -15.5. The minimum atomic E-state index is -11.2. The van der Waals surface area contributed by atoms with Crippen molar-refractivity contribution in [1.82, 2.24) is 0 Å². The first-order valence-electron chi connectivity index (χ1n) is 18.2. The van der Waals surface area contributed by atoms with Crippen molar-refractivity contribution in [2.45, 2.75) is 173 Å². The van der Waals surface area contributed by atoms with Gasteiger partial charge in [0.05, 0.1) is 0 Å². The largest absolute Gasteiger partial charge is 0.460 e. The molecule has 0 aliphatic carbocycles. The van der Waals surface area contributed by atoms with Crippen LogP contribution in [-0.2, 0) is 0 Å². The highest BCUT2D eigenvalue weighted by molar-refractivity contribution is 5.26. The third-order valence-corrected chi connectivity index (χ3v) is 10.9. The Morgan fingerprint density at radius 1 is 0.102 bits per heavy atom. The minimum Gasteiger partial charge on any atom is -0.203 e. The maximum atomic E-state index is 14.2. The molecule has 0 radical (unpaired) electrons. The Balaban J connectivity index is 8.35. The molecule has 0 aromatic heterocycles. The fourth-order valence-electron chi connectivity index (χ4n) is 5.26. The Morgan fingerprint density at radius 2 is 0.170 bits per heavy atom. The van der Waals surface area contributed by atoms with Gasteiger partial charge in [0.1, 0.15) is 0 Å². The molecule has 0 aliphatic rings. The van der Waals surface area contributed by atoms with Crippen molar-refractivity contribution < 1.29 is 259 Å². The molecule has 0 saturated carbocycles. The van der Waals surface area contributed by atoms with Crippen molar-refractivity contribution >= 4 is 0 Å². The van der Waals surface area contributed by atoms with Gasteiger partial charge in [-0.2, -0.15) is 250 Å². The number of alkyl halides is 59. The van der Waals surface area contributed by atoms with Crippen LogP contribution in [0.5, 0.6) is 0 Å². The normalized spacial score (nSPS) is 17.6. The zero-order valence-electron chi connectivity index (χ0n) is 36.9. The molecular weight excluding hydrogens is 1470 g/mol. The highest BCUT2D eigenvalue weighted by Gasteiger charge is 3.06. The molecule has 0 atom stereocenters. The molecule has 0 spiro atoms. The van der Waals surface area contributed by atoms with Crippen molar-refractivity contribution in [3.05, 3.63) is 0 Å². The average Bonchev–Trinajstić information content (AvgIpc) is 3.29. The zero-order chi connectivity index (χ0) is 73.6. The van der Waals surface area contributed by atoms with Crippen LogP contribution in [0.2, 0.25) is 0 Å². The molecule has 0 rings (SSSR count). The van der Waals surface area contributed by atoms with Gasteiger partial charge in [0.25, 0.3) is 0 Å². The predicted octanol–water partition coefficient (Wildman–Crippen LogP) is 19.0. The Bertz CT molecular complexity index is 2500. The summed E-state index contributed by atoms with van der Waals surface area (Å²) in [6, 6.07) is 0. The monoisotopic (exact) mass is 1470 g/mol. The van der Waals surface area contributed by atoms with Crippen LogP contribution in [0.15, 0.2) is 0 Å². The van der Waals surface area contributed by atoms with Crippen LogP contribution in [0, 0.1) is 0 Å². The van der Waals surface area contributed by atoms with E-state index in [1.165, 1.54) is 0 Å². The van der Waals surface area contributed by atoms with E-state index in [1.54, 1.807) is 0 Å². The van der Waals surface area contributed by atoms with E-state index < -0.39 is 173 Å². The van der Waals surface area contributed by atoms with Crippen molar-refractivity contribution in [2.75, 3.05) is 0 Å². The van der Waals surface area contributed by atoms with Crippen LogP contribution in [-0.4, -0.2) is 173 Å². The minimum absolute atomic E-state index is 6.79. The van der Waals surface area contributed by atoms with Gasteiger partial charge in [0, 0.05) is 0 Å².